The summed E-state index contributed by atoms with van der Waals surface area (Å²) in [5, 5.41) is 11.9. The van der Waals surface area contributed by atoms with E-state index in [4.69, 9.17) is 0 Å². The van der Waals surface area contributed by atoms with E-state index in [1.165, 1.54) is 12.5 Å². The Hall–Kier alpha value is -2.69. The van der Waals surface area contributed by atoms with Crippen molar-refractivity contribution < 1.29 is 18.0 Å². The third-order valence-corrected chi connectivity index (χ3v) is 9.52. The summed E-state index contributed by atoms with van der Waals surface area (Å²) in [5.41, 5.74) is -1.35. The largest absolute Gasteiger partial charge is 0.417 e. The van der Waals surface area contributed by atoms with E-state index in [9.17, 15) is 18.0 Å². The number of nitrogens with one attached hydrogen (secondary N) is 2. The molecule has 200 valence electrons. The SMILES string of the molecule is CC(C)(C(=O)NC1C2CC3CC1CC(c1nnc[nH]1)(C3)C2)N1CCN(c2ccc(C(F)(F)F)cn2)CC1. The number of alkyl halides is 3. The minimum atomic E-state index is -4.39. The maximum atomic E-state index is 13.6. The van der Waals surface area contributed by atoms with Crippen LogP contribution in [-0.4, -0.2) is 68.7 Å². The number of aromatic nitrogens is 4. The van der Waals surface area contributed by atoms with Gasteiger partial charge in [-0.1, -0.05) is 0 Å². The number of aromatic amines is 1. The average Bonchev–Trinajstić information content (AvgIpc) is 3.41. The van der Waals surface area contributed by atoms with Crippen molar-refractivity contribution in [3.63, 3.8) is 0 Å². The molecule has 2 unspecified atom stereocenters. The second-order valence-electron chi connectivity index (χ2n) is 12.0. The molecule has 7 rings (SSSR count). The first kappa shape index (κ1) is 24.6. The van der Waals surface area contributed by atoms with Gasteiger partial charge >= 0.3 is 6.18 Å². The predicted molar refractivity (Wildman–Crippen MR) is 131 cm³/mol. The molecule has 3 heterocycles. The Labute approximate surface area is 214 Å². The summed E-state index contributed by atoms with van der Waals surface area (Å²) in [5.74, 6) is 3.20. The first-order chi connectivity index (χ1) is 17.5. The third kappa shape index (κ3) is 4.28. The van der Waals surface area contributed by atoms with Crippen LogP contribution in [0.5, 0.6) is 0 Å². The van der Waals surface area contributed by atoms with Gasteiger partial charge in [-0.25, -0.2) is 4.98 Å². The molecule has 2 aromatic rings. The van der Waals surface area contributed by atoms with Crippen molar-refractivity contribution in [2.45, 2.75) is 69.1 Å². The number of H-pyrrole nitrogens is 1. The average molecular weight is 518 g/mol. The first-order valence-electron chi connectivity index (χ1n) is 13.3. The van der Waals surface area contributed by atoms with Crippen molar-refractivity contribution in [1.82, 2.24) is 30.4 Å². The highest BCUT2D eigenvalue weighted by Crippen LogP contribution is 2.60. The number of carbonyl (C=O) groups is 1. The summed E-state index contributed by atoms with van der Waals surface area (Å²) < 4.78 is 38.6. The number of anilines is 1. The summed E-state index contributed by atoms with van der Waals surface area (Å²) in [6.07, 6.45) is 3.74. The van der Waals surface area contributed by atoms with Crippen molar-refractivity contribution in [2.75, 3.05) is 31.1 Å². The van der Waals surface area contributed by atoms with Crippen LogP contribution in [0.4, 0.5) is 19.0 Å². The van der Waals surface area contributed by atoms with E-state index < -0.39 is 17.3 Å². The molecule has 5 aliphatic rings. The summed E-state index contributed by atoms with van der Waals surface area (Å²) in [7, 11) is 0. The molecular weight excluding hydrogens is 483 g/mol. The smallest absolute Gasteiger partial charge is 0.354 e. The van der Waals surface area contributed by atoms with Crippen LogP contribution in [-0.2, 0) is 16.4 Å². The maximum Gasteiger partial charge on any atom is 0.417 e. The molecule has 2 atom stereocenters. The molecule has 2 N–H and O–H groups in total. The molecule has 0 radical (unpaired) electrons. The summed E-state index contributed by atoms with van der Waals surface area (Å²) >= 11 is 0. The Morgan fingerprint density at radius 1 is 1.08 bits per heavy atom. The lowest BCUT2D eigenvalue weighted by Crippen LogP contribution is -2.66. The van der Waals surface area contributed by atoms with E-state index in [1.54, 1.807) is 6.33 Å². The van der Waals surface area contributed by atoms with E-state index in [1.807, 2.05) is 18.7 Å². The fourth-order valence-electron chi connectivity index (χ4n) is 7.72. The fourth-order valence-corrected chi connectivity index (χ4v) is 7.72. The van der Waals surface area contributed by atoms with Gasteiger partial charge in [0, 0.05) is 43.8 Å². The van der Waals surface area contributed by atoms with Gasteiger partial charge in [0.05, 0.1) is 11.1 Å². The zero-order chi connectivity index (χ0) is 26.0. The molecule has 4 bridgehead atoms. The van der Waals surface area contributed by atoms with E-state index in [2.05, 4.69) is 30.4 Å². The molecule has 0 spiro atoms. The highest BCUT2D eigenvalue weighted by Gasteiger charge is 2.58. The molecule has 1 amide bonds. The fraction of sp³-hybridized carbons (Fsp3) is 0.692. The van der Waals surface area contributed by atoms with E-state index >= 15 is 0 Å². The van der Waals surface area contributed by atoms with Crippen molar-refractivity contribution in [3.8, 4) is 0 Å². The molecular formula is C26H34F3N7O. The number of hydrogen-bond acceptors (Lipinski definition) is 6. The second kappa shape index (κ2) is 8.68. The van der Waals surface area contributed by atoms with Gasteiger partial charge in [-0.15, -0.1) is 10.2 Å². The lowest BCUT2D eigenvalue weighted by molar-refractivity contribution is -0.138. The van der Waals surface area contributed by atoms with Crippen LogP contribution in [0.2, 0.25) is 0 Å². The van der Waals surface area contributed by atoms with Crippen LogP contribution in [0, 0.1) is 17.8 Å². The maximum absolute atomic E-state index is 13.6. The normalized spacial score (nSPS) is 32.1. The van der Waals surface area contributed by atoms with Crippen molar-refractivity contribution >= 4 is 11.7 Å². The Kier molecular flexibility index (Phi) is 5.78. The minimum Gasteiger partial charge on any atom is -0.354 e. The van der Waals surface area contributed by atoms with Crippen molar-refractivity contribution in [1.29, 1.82) is 0 Å². The zero-order valence-corrected chi connectivity index (χ0v) is 21.3. The molecule has 4 saturated carbocycles. The summed E-state index contributed by atoms with van der Waals surface area (Å²) in [4.78, 5) is 25.1. The number of nitrogens with zero attached hydrogens (tertiary/aromatic N) is 5. The standard InChI is InChI=1S/C26H34F3N7O/c1-24(2,36-7-5-35(6-8-36)20-4-3-19(14-30-20)26(27,28)29)23(37)33-21-17-9-16-10-18(21)13-25(11-16,12-17)22-31-15-32-34-22/h3-4,14-18,21H,5-13H2,1-2H3,(H,33,37)(H,31,32,34). The van der Waals surface area contributed by atoms with Crippen LogP contribution in [0.1, 0.15) is 57.3 Å². The van der Waals surface area contributed by atoms with Gasteiger partial charge in [0.1, 0.15) is 18.0 Å². The lowest BCUT2D eigenvalue weighted by Gasteiger charge is -2.59. The molecule has 1 aliphatic heterocycles. The molecule has 2 aromatic heterocycles. The Balaban J connectivity index is 1.08. The minimum absolute atomic E-state index is 0.0554. The first-order valence-corrected chi connectivity index (χ1v) is 13.3. The molecule has 4 aliphatic carbocycles. The van der Waals surface area contributed by atoms with Crippen LogP contribution < -0.4 is 10.2 Å². The monoisotopic (exact) mass is 517 g/mol. The van der Waals surface area contributed by atoms with Gasteiger partial charge in [-0.2, -0.15) is 13.2 Å². The third-order valence-electron chi connectivity index (χ3n) is 9.52. The second-order valence-corrected chi connectivity index (χ2v) is 12.0. The highest BCUT2D eigenvalue weighted by molar-refractivity contribution is 5.85. The Bertz CT molecular complexity index is 1110. The quantitative estimate of drug-likeness (QED) is 0.632. The number of carbonyl (C=O) groups excluding carboxylic acids is 1. The van der Waals surface area contributed by atoms with Gasteiger partial charge in [0.2, 0.25) is 5.91 Å². The number of halogens is 3. The lowest BCUT2D eigenvalue weighted by atomic mass is 9.47. The number of piperazine rings is 1. The van der Waals surface area contributed by atoms with Crippen LogP contribution in [0.25, 0.3) is 0 Å². The van der Waals surface area contributed by atoms with Crippen LogP contribution in [0.3, 0.4) is 0 Å². The number of amides is 1. The summed E-state index contributed by atoms with van der Waals surface area (Å²) in [6, 6.07) is 2.69. The highest BCUT2D eigenvalue weighted by atomic mass is 19.4. The van der Waals surface area contributed by atoms with Crippen molar-refractivity contribution in [2.24, 2.45) is 17.8 Å². The molecule has 0 aromatic carbocycles. The zero-order valence-electron chi connectivity index (χ0n) is 21.3. The van der Waals surface area contributed by atoms with Gasteiger partial charge in [0.25, 0.3) is 0 Å². The number of hydrogen-bond donors (Lipinski definition) is 2. The van der Waals surface area contributed by atoms with Gasteiger partial charge in [-0.3, -0.25) is 9.69 Å². The predicted octanol–water partition coefficient (Wildman–Crippen LogP) is 3.38. The van der Waals surface area contributed by atoms with Crippen molar-refractivity contribution in [3.05, 3.63) is 36.0 Å². The van der Waals surface area contributed by atoms with Gasteiger partial charge < -0.3 is 15.2 Å². The summed E-state index contributed by atoms with van der Waals surface area (Å²) in [6.45, 7) is 6.42. The molecule has 1 saturated heterocycles. The molecule has 5 fully saturated rings. The van der Waals surface area contributed by atoms with Gasteiger partial charge in [-0.05, 0) is 75.8 Å². The Morgan fingerprint density at radius 2 is 1.78 bits per heavy atom. The van der Waals surface area contributed by atoms with Gasteiger partial charge in [0.15, 0.2) is 0 Å². The number of pyridine rings is 1. The topological polar surface area (TPSA) is 90.0 Å². The van der Waals surface area contributed by atoms with E-state index in [-0.39, 0.29) is 17.4 Å². The van der Waals surface area contributed by atoms with Crippen LogP contribution in [0.15, 0.2) is 24.7 Å². The van der Waals surface area contributed by atoms with E-state index in [0.29, 0.717) is 49.8 Å². The Morgan fingerprint density at radius 3 is 2.35 bits per heavy atom. The van der Waals surface area contributed by atoms with E-state index in [0.717, 1.165) is 43.8 Å². The van der Waals surface area contributed by atoms with Crippen LogP contribution >= 0.6 is 0 Å². The number of rotatable bonds is 5. The molecule has 37 heavy (non-hydrogen) atoms. The molecule has 11 heteroatoms. The molecule has 8 nitrogen and oxygen atoms in total.